The van der Waals surface area contributed by atoms with E-state index in [-0.39, 0.29) is 24.4 Å². The number of hydrogen-bond donors (Lipinski definition) is 2. The summed E-state index contributed by atoms with van der Waals surface area (Å²) in [6.07, 6.45) is 5.05. The zero-order valence-corrected chi connectivity index (χ0v) is 12.8. The topological polar surface area (TPSA) is 99.1 Å². The van der Waals surface area contributed by atoms with Crippen molar-refractivity contribution in [1.82, 2.24) is 19.5 Å². The van der Waals surface area contributed by atoms with Crippen LogP contribution in [0.25, 0.3) is 11.2 Å². The molecule has 4 rings (SSSR count). The number of hydrogen-bond acceptors (Lipinski definition) is 6. The van der Waals surface area contributed by atoms with E-state index in [0.29, 0.717) is 28.8 Å². The summed E-state index contributed by atoms with van der Waals surface area (Å²) in [6, 6.07) is 0. The molecule has 0 bridgehead atoms. The number of imidazole rings is 1. The van der Waals surface area contributed by atoms with Gasteiger partial charge in [-0.25, -0.2) is 15.0 Å². The Hall–Kier alpha value is -1.73. The third-order valence-electron chi connectivity index (χ3n) is 5.13. The van der Waals surface area contributed by atoms with E-state index in [1.807, 2.05) is 4.57 Å². The molecule has 2 aromatic rings. The first-order valence-electron chi connectivity index (χ1n) is 7.69. The Labute approximate surface area is 128 Å². The molecule has 3 heterocycles. The van der Waals surface area contributed by atoms with Gasteiger partial charge in [0.25, 0.3) is 0 Å². The van der Waals surface area contributed by atoms with Crippen molar-refractivity contribution in [3.05, 3.63) is 12.7 Å². The third kappa shape index (κ3) is 1.92. The van der Waals surface area contributed by atoms with Crippen LogP contribution < -0.4 is 5.73 Å². The zero-order valence-electron chi connectivity index (χ0n) is 12.8. The molecule has 1 saturated heterocycles. The molecule has 3 N–H and O–H groups in total. The normalized spacial score (nSPS) is 33.4. The number of aliphatic hydroxyl groups excluding tert-OH is 1. The molecule has 1 unspecified atom stereocenters. The predicted octanol–water partition coefficient (Wildman–Crippen LogP) is 1.35. The predicted molar refractivity (Wildman–Crippen MR) is 80.7 cm³/mol. The number of aliphatic hydroxyl groups is 1. The van der Waals surface area contributed by atoms with Gasteiger partial charge in [0, 0.05) is 5.92 Å². The molecule has 22 heavy (non-hydrogen) atoms. The van der Waals surface area contributed by atoms with Gasteiger partial charge in [-0.1, -0.05) is 13.8 Å². The summed E-state index contributed by atoms with van der Waals surface area (Å²) < 4.78 is 8.08. The Kier molecular flexibility index (Phi) is 2.93. The van der Waals surface area contributed by atoms with Crippen LogP contribution >= 0.6 is 0 Å². The molecule has 2 fully saturated rings. The number of nitrogens with zero attached hydrogens (tertiary/aromatic N) is 4. The Morgan fingerprint density at radius 1 is 1.32 bits per heavy atom. The first-order chi connectivity index (χ1) is 10.5. The highest BCUT2D eigenvalue weighted by Gasteiger charge is 2.53. The largest absolute Gasteiger partial charge is 0.394 e. The van der Waals surface area contributed by atoms with Crippen molar-refractivity contribution in [2.45, 2.75) is 39.0 Å². The zero-order chi connectivity index (χ0) is 15.5. The summed E-state index contributed by atoms with van der Waals surface area (Å²) in [5.74, 6) is 1.12. The monoisotopic (exact) mass is 303 g/mol. The Morgan fingerprint density at radius 2 is 2.09 bits per heavy atom. The van der Waals surface area contributed by atoms with Gasteiger partial charge in [-0.2, -0.15) is 0 Å². The van der Waals surface area contributed by atoms with E-state index < -0.39 is 0 Å². The van der Waals surface area contributed by atoms with Crippen LogP contribution in [0.2, 0.25) is 0 Å². The molecule has 0 aromatic carbocycles. The van der Waals surface area contributed by atoms with Crippen molar-refractivity contribution in [3.63, 3.8) is 0 Å². The molecule has 2 aromatic heterocycles. The molecule has 1 aliphatic carbocycles. The number of ether oxygens (including phenoxy) is 1. The van der Waals surface area contributed by atoms with Crippen LogP contribution in [0.4, 0.5) is 5.82 Å². The minimum atomic E-state index is -0.150. The summed E-state index contributed by atoms with van der Waals surface area (Å²) in [4.78, 5) is 12.6. The molecule has 7 heteroatoms. The number of anilines is 1. The van der Waals surface area contributed by atoms with Crippen molar-refractivity contribution in [2.24, 2.45) is 17.3 Å². The number of nitrogen functional groups attached to an aromatic ring is 1. The summed E-state index contributed by atoms with van der Waals surface area (Å²) in [7, 11) is 0. The second-order valence-corrected chi connectivity index (χ2v) is 7.23. The highest BCUT2D eigenvalue weighted by molar-refractivity contribution is 5.81. The van der Waals surface area contributed by atoms with E-state index in [1.165, 1.54) is 6.33 Å². The maximum Gasteiger partial charge on any atom is 0.167 e. The van der Waals surface area contributed by atoms with Gasteiger partial charge in [0.2, 0.25) is 0 Å². The van der Waals surface area contributed by atoms with Crippen LogP contribution in [0.15, 0.2) is 12.7 Å². The van der Waals surface area contributed by atoms with E-state index in [4.69, 9.17) is 10.5 Å². The fourth-order valence-corrected chi connectivity index (χ4v) is 4.27. The highest BCUT2D eigenvalue weighted by atomic mass is 16.5. The van der Waals surface area contributed by atoms with Gasteiger partial charge in [-0.05, 0) is 24.2 Å². The first-order valence-corrected chi connectivity index (χ1v) is 7.69. The Balaban J connectivity index is 1.77. The van der Waals surface area contributed by atoms with E-state index in [2.05, 4.69) is 28.8 Å². The SMILES string of the molecule is CC1(C)C[C@@H]2[C@@H](CO)OC(n3cnc4c(N)ncnc43)[C@@H]2C1. The van der Waals surface area contributed by atoms with Gasteiger partial charge in [-0.3, -0.25) is 4.57 Å². The molecule has 1 aliphatic heterocycles. The fourth-order valence-electron chi connectivity index (χ4n) is 4.27. The number of aromatic nitrogens is 4. The molecule has 4 atom stereocenters. The lowest BCUT2D eigenvalue weighted by Crippen LogP contribution is -2.22. The standard InChI is InChI=1S/C15H21N5O2/c1-15(2)3-8-9(4-15)14(22-10(8)5-21)20-7-19-11-12(16)17-6-18-13(11)20/h6-10,14,21H,3-5H2,1-2H3,(H2,16,17,18)/t8-,9+,10+,14?/m0/s1. The van der Waals surface area contributed by atoms with E-state index in [9.17, 15) is 5.11 Å². The molecular weight excluding hydrogens is 282 g/mol. The minimum Gasteiger partial charge on any atom is -0.394 e. The second-order valence-electron chi connectivity index (χ2n) is 7.23. The summed E-state index contributed by atoms with van der Waals surface area (Å²) in [5.41, 5.74) is 7.43. The van der Waals surface area contributed by atoms with Crippen LogP contribution in [0.1, 0.15) is 32.9 Å². The lowest BCUT2D eigenvalue weighted by atomic mass is 9.89. The first kappa shape index (κ1) is 13.9. The van der Waals surface area contributed by atoms with Crippen molar-refractivity contribution in [1.29, 1.82) is 0 Å². The van der Waals surface area contributed by atoms with Crippen LogP contribution in [0, 0.1) is 17.3 Å². The van der Waals surface area contributed by atoms with Gasteiger partial charge in [0.05, 0.1) is 19.0 Å². The van der Waals surface area contributed by atoms with Gasteiger partial charge in [0.15, 0.2) is 11.5 Å². The Bertz CT molecular complexity index is 713. The number of rotatable bonds is 2. The van der Waals surface area contributed by atoms with Gasteiger partial charge in [-0.15, -0.1) is 0 Å². The molecule has 1 saturated carbocycles. The van der Waals surface area contributed by atoms with Crippen molar-refractivity contribution in [3.8, 4) is 0 Å². The Morgan fingerprint density at radius 3 is 2.86 bits per heavy atom. The lowest BCUT2D eigenvalue weighted by molar-refractivity contribution is -0.0457. The third-order valence-corrected chi connectivity index (χ3v) is 5.13. The molecule has 2 aliphatic rings. The average Bonchev–Trinajstić information content (AvgIpc) is 3.10. The molecule has 0 radical (unpaired) electrons. The molecule has 7 nitrogen and oxygen atoms in total. The quantitative estimate of drug-likeness (QED) is 0.869. The molecular formula is C15H21N5O2. The highest BCUT2D eigenvalue weighted by Crippen LogP contribution is 2.56. The van der Waals surface area contributed by atoms with Crippen LogP contribution in [-0.4, -0.2) is 37.3 Å². The maximum atomic E-state index is 9.66. The molecule has 118 valence electrons. The van der Waals surface area contributed by atoms with Gasteiger partial charge in [0.1, 0.15) is 18.1 Å². The van der Waals surface area contributed by atoms with Crippen LogP contribution in [0.5, 0.6) is 0 Å². The van der Waals surface area contributed by atoms with Crippen LogP contribution in [0.3, 0.4) is 0 Å². The van der Waals surface area contributed by atoms with Crippen molar-refractivity contribution < 1.29 is 9.84 Å². The average molecular weight is 303 g/mol. The second kappa shape index (κ2) is 4.63. The van der Waals surface area contributed by atoms with Crippen molar-refractivity contribution >= 4 is 17.0 Å². The van der Waals surface area contributed by atoms with Crippen LogP contribution in [-0.2, 0) is 4.74 Å². The van der Waals surface area contributed by atoms with Gasteiger partial charge >= 0.3 is 0 Å². The summed E-state index contributed by atoms with van der Waals surface area (Å²) in [6.45, 7) is 4.61. The maximum absolute atomic E-state index is 9.66. The van der Waals surface area contributed by atoms with Gasteiger partial charge < -0.3 is 15.6 Å². The number of fused-ring (bicyclic) bond motifs is 2. The van der Waals surface area contributed by atoms with E-state index in [1.54, 1.807) is 6.33 Å². The molecule has 0 spiro atoms. The summed E-state index contributed by atoms with van der Waals surface area (Å²) >= 11 is 0. The lowest BCUT2D eigenvalue weighted by Gasteiger charge is -2.24. The smallest absolute Gasteiger partial charge is 0.167 e. The number of nitrogens with two attached hydrogens (primary N) is 1. The summed E-state index contributed by atoms with van der Waals surface area (Å²) in [5, 5.41) is 9.66. The molecule has 0 amide bonds. The van der Waals surface area contributed by atoms with E-state index >= 15 is 0 Å². The van der Waals surface area contributed by atoms with Crippen molar-refractivity contribution in [2.75, 3.05) is 12.3 Å². The fraction of sp³-hybridized carbons (Fsp3) is 0.667. The minimum absolute atomic E-state index is 0.0531. The van der Waals surface area contributed by atoms with E-state index in [0.717, 1.165) is 12.8 Å².